The number of aryl methyl sites for hydroxylation is 1. The van der Waals surface area contributed by atoms with E-state index >= 15 is 0 Å². The van der Waals surface area contributed by atoms with E-state index in [4.69, 9.17) is 0 Å². The maximum absolute atomic E-state index is 3.48. The van der Waals surface area contributed by atoms with E-state index in [-0.39, 0.29) is 5.54 Å². The van der Waals surface area contributed by atoms with Crippen molar-refractivity contribution in [2.45, 2.75) is 39.3 Å². The summed E-state index contributed by atoms with van der Waals surface area (Å²) in [5.74, 6) is 0. The summed E-state index contributed by atoms with van der Waals surface area (Å²) in [6.45, 7) is 12.5. The summed E-state index contributed by atoms with van der Waals surface area (Å²) in [6, 6.07) is 9.23. The smallest absolute Gasteiger partial charge is 0.0328 e. The SMILES string of the molecule is Cc1ccccc1C(C)N1CCNCC1(C)C. The van der Waals surface area contributed by atoms with Crippen LogP contribution in [-0.4, -0.2) is 30.1 Å². The number of hydrogen-bond donors (Lipinski definition) is 1. The molecule has 1 heterocycles. The summed E-state index contributed by atoms with van der Waals surface area (Å²) >= 11 is 0. The molecule has 0 aromatic heterocycles. The number of benzene rings is 1. The molecular formula is C15H24N2. The van der Waals surface area contributed by atoms with E-state index in [1.54, 1.807) is 0 Å². The molecule has 0 radical (unpaired) electrons. The van der Waals surface area contributed by atoms with Crippen molar-refractivity contribution in [2.75, 3.05) is 19.6 Å². The van der Waals surface area contributed by atoms with Gasteiger partial charge in [-0.3, -0.25) is 4.90 Å². The fourth-order valence-corrected chi connectivity index (χ4v) is 2.94. The molecule has 1 aromatic carbocycles. The fourth-order valence-electron chi connectivity index (χ4n) is 2.94. The maximum Gasteiger partial charge on any atom is 0.0328 e. The van der Waals surface area contributed by atoms with Gasteiger partial charge in [-0.05, 0) is 38.8 Å². The largest absolute Gasteiger partial charge is 0.314 e. The van der Waals surface area contributed by atoms with Crippen molar-refractivity contribution >= 4 is 0 Å². The van der Waals surface area contributed by atoms with Crippen LogP contribution in [0, 0.1) is 6.92 Å². The van der Waals surface area contributed by atoms with Crippen molar-refractivity contribution < 1.29 is 0 Å². The van der Waals surface area contributed by atoms with Gasteiger partial charge in [-0.25, -0.2) is 0 Å². The third-order valence-electron chi connectivity index (χ3n) is 3.97. The van der Waals surface area contributed by atoms with E-state index in [1.807, 2.05) is 0 Å². The van der Waals surface area contributed by atoms with Crippen molar-refractivity contribution in [3.63, 3.8) is 0 Å². The maximum atomic E-state index is 3.48. The van der Waals surface area contributed by atoms with Crippen LogP contribution in [0.2, 0.25) is 0 Å². The standard InChI is InChI=1S/C15H24N2/c1-12-7-5-6-8-14(12)13(2)17-10-9-16-11-15(17,3)4/h5-8,13,16H,9-11H2,1-4H3. The lowest BCUT2D eigenvalue weighted by molar-refractivity contribution is 0.0514. The molecule has 1 unspecified atom stereocenters. The molecule has 17 heavy (non-hydrogen) atoms. The van der Waals surface area contributed by atoms with Crippen LogP contribution >= 0.6 is 0 Å². The molecule has 0 saturated carbocycles. The Hall–Kier alpha value is -0.860. The van der Waals surface area contributed by atoms with Gasteiger partial charge in [0.15, 0.2) is 0 Å². The zero-order chi connectivity index (χ0) is 12.5. The summed E-state index contributed by atoms with van der Waals surface area (Å²) < 4.78 is 0. The summed E-state index contributed by atoms with van der Waals surface area (Å²) in [7, 11) is 0. The van der Waals surface area contributed by atoms with Crippen molar-refractivity contribution in [3.8, 4) is 0 Å². The van der Waals surface area contributed by atoms with E-state index in [9.17, 15) is 0 Å². The number of nitrogens with zero attached hydrogens (tertiary/aromatic N) is 1. The molecule has 2 rings (SSSR count). The Morgan fingerprint density at radius 2 is 2.00 bits per heavy atom. The molecule has 0 spiro atoms. The monoisotopic (exact) mass is 232 g/mol. The van der Waals surface area contributed by atoms with E-state index in [0.717, 1.165) is 19.6 Å². The summed E-state index contributed by atoms with van der Waals surface area (Å²) in [6.07, 6.45) is 0. The molecule has 1 aliphatic rings. The van der Waals surface area contributed by atoms with Gasteiger partial charge in [0.05, 0.1) is 0 Å². The molecule has 1 N–H and O–H groups in total. The number of rotatable bonds is 2. The molecule has 2 nitrogen and oxygen atoms in total. The Kier molecular flexibility index (Phi) is 3.55. The normalized spacial score (nSPS) is 22.4. The highest BCUT2D eigenvalue weighted by Gasteiger charge is 2.33. The number of hydrogen-bond acceptors (Lipinski definition) is 2. The molecule has 1 saturated heterocycles. The minimum Gasteiger partial charge on any atom is -0.314 e. The minimum absolute atomic E-state index is 0.236. The van der Waals surface area contributed by atoms with Crippen LogP contribution in [-0.2, 0) is 0 Å². The van der Waals surface area contributed by atoms with Crippen molar-refractivity contribution in [1.29, 1.82) is 0 Å². The first kappa shape index (κ1) is 12.6. The first-order chi connectivity index (χ1) is 8.02. The van der Waals surface area contributed by atoms with Crippen LogP contribution in [0.4, 0.5) is 0 Å². The molecule has 1 aromatic rings. The lowest BCUT2D eigenvalue weighted by Gasteiger charge is -2.46. The van der Waals surface area contributed by atoms with Gasteiger partial charge < -0.3 is 5.32 Å². The Morgan fingerprint density at radius 1 is 1.29 bits per heavy atom. The molecular weight excluding hydrogens is 208 g/mol. The molecule has 1 atom stereocenters. The Morgan fingerprint density at radius 3 is 2.65 bits per heavy atom. The second-order valence-electron chi connectivity index (χ2n) is 5.72. The Balaban J connectivity index is 2.25. The van der Waals surface area contributed by atoms with Gasteiger partial charge in [0.1, 0.15) is 0 Å². The number of piperazine rings is 1. The molecule has 0 aliphatic carbocycles. The van der Waals surface area contributed by atoms with Crippen LogP contribution in [0.15, 0.2) is 24.3 Å². The van der Waals surface area contributed by atoms with E-state index in [2.05, 4.69) is 62.2 Å². The second-order valence-corrected chi connectivity index (χ2v) is 5.72. The predicted octanol–water partition coefficient (Wildman–Crippen LogP) is 2.74. The van der Waals surface area contributed by atoms with Gasteiger partial charge in [-0.1, -0.05) is 24.3 Å². The molecule has 1 aliphatic heterocycles. The van der Waals surface area contributed by atoms with Crippen LogP contribution in [0.25, 0.3) is 0 Å². The van der Waals surface area contributed by atoms with Gasteiger partial charge in [-0.2, -0.15) is 0 Å². The first-order valence-electron chi connectivity index (χ1n) is 6.55. The number of nitrogens with one attached hydrogen (secondary N) is 1. The van der Waals surface area contributed by atoms with E-state index in [0.29, 0.717) is 6.04 Å². The van der Waals surface area contributed by atoms with Crippen LogP contribution in [0.1, 0.15) is 37.9 Å². The van der Waals surface area contributed by atoms with Crippen LogP contribution in [0.3, 0.4) is 0 Å². The zero-order valence-corrected chi connectivity index (χ0v) is 11.5. The molecule has 94 valence electrons. The van der Waals surface area contributed by atoms with Crippen molar-refractivity contribution in [2.24, 2.45) is 0 Å². The molecule has 2 heteroatoms. The summed E-state index contributed by atoms with van der Waals surface area (Å²) in [5.41, 5.74) is 3.09. The highest BCUT2D eigenvalue weighted by Crippen LogP contribution is 2.30. The van der Waals surface area contributed by atoms with Gasteiger partial charge >= 0.3 is 0 Å². The Labute approximate surface area is 105 Å². The first-order valence-corrected chi connectivity index (χ1v) is 6.55. The van der Waals surface area contributed by atoms with Gasteiger partial charge in [0.25, 0.3) is 0 Å². The summed E-state index contributed by atoms with van der Waals surface area (Å²) in [4.78, 5) is 2.62. The fraction of sp³-hybridized carbons (Fsp3) is 0.600. The topological polar surface area (TPSA) is 15.3 Å². The minimum atomic E-state index is 0.236. The average Bonchev–Trinajstić information content (AvgIpc) is 2.28. The molecule has 0 amide bonds. The van der Waals surface area contributed by atoms with Gasteiger partial charge in [0, 0.05) is 31.2 Å². The third kappa shape index (κ3) is 2.53. The van der Waals surface area contributed by atoms with E-state index in [1.165, 1.54) is 11.1 Å². The molecule has 0 bridgehead atoms. The van der Waals surface area contributed by atoms with Gasteiger partial charge in [0.2, 0.25) is 0 Å². The highest BCUT2D eigenvalue weighted by molar-refractivity contribution is 5.28. The van der Waals surface area contributed by atoms with Crippen LogP contribution in [0.5, 0.6) is 0 Å². The van der Waals surface area contributed by atoms with Crippen molar-refractivity contribution in [1.82, 2.24) is 10.2 Å². The summed E-state index contributed by atoms with van der Waals surface area (Å²) in [5, 5.41) is 3.48. The van der Waals surface area contributed by atoms with E-state index < -0.39 is 0 Å². The average molecular weight is 232 g/mol. The van der Waals surface area contributed by atoms with Gasteiger partial charge in [-0.15, -0.1) is 0 Å². The second kappa shape index (κ2) is 4.79. The Bertz CT molecular complexity index is 384. The lowest BCUT2D eigenvalue weighted by Crippen LogP contribution is -2.58. The molecule has 1 fully saturated rings. The lowest BCUT2D eigenvalue weighted by atomic mass is 9.93. The third-order valence-corrected chi connectivity index (χ3v) is 3.97. The van der Waals surface area contributed by atoms with Crippen molar-refractivity contribution in [3.05, 3.63) is 35.4 Å². The highest BCUT2D eigenvalue weighted by atomic mass is 15.3. The predicted molar refractivity (Wildman–Crippen MR) is 73.2 cm³/mol. The zero-order valence-electron chi connectivity index (χ0n) is 11.5. The van der Waals surface area contributed by atoms with Crippen LogP contribution < -0.4 is 5.32 Å². The quantitative estimate of drug-likeness (QED) is 0.843.